The molecule has 36 heavy (non-hydrogen) atoms. The Balaban J connectivity index is 1.90. The Morgan fingerprint density at radius 1 is 0.972 bits per heavy atom. The van der Waals surface area contributed by atoms with Crippen molar-refractivity contribution in [2.24, 2.45) is 22.9 Å². The van der Waals surface area contributed by atoms with Gasteiger partial charge in [-0.2, -0.15) is 4.91 Å². The van der Waals surface area contributed by atoms with Crippen LogP contribution in [0.25, 0.3) is 0 Å². The predicted molar refractivity (Wildman–Crippen MR) is 149 cm³/mol. The van der Waals surface area contributed by atoms with Crippen LogP contribution < -0.4 is 9.47 Å². The average Bonchev–Trinajstić information content (AvgIpc) is 2.79. The third-order valence-electron chi connectivity index (χ3n) is 8.15. The summed E-state index contributed by atoms with van der Waals surface area (Å²) in [6.45, 7) is 17.0. The zero-order chi connectivity index (χ0) is 26.9. The van der Waals surface area contributed by atoms with Crippen LogP contribution in [0.15, 0.2) is 5.18 Å². The molecule has 0 radical (unpaired) electrons. The molecule has 0 aliphatic carbocycles. The number of benzene rings is 1. The number of nitroso groups, excluding NO2 is 1. The van der Waals surface area contributed by atoms with Crippen LogP contribution in [0.5, 0.6) is 11.5 Å². The molecule has 1 heterocycles. The van der Waals surface area contributed by atoms with E-state index in [0.29, 0.717) is 11.3 Å². The fraction of sp³-hybridized carbons (Fsp3) is 0.774. The highest BCUT2D eigenvalue weighted by Crippen LogP contribution is 2.45. The lowest BCUT2D eigenvalue weighted by molar-refractivity contribution is -0.132. The van der Waals surface area contributed by atoms with Gasteiger partial charge in [-0.1, -0.05) is 77.8 Å². The number of esters is 1. The summed E-state index contributed by atoms with van der Waals surface area (Å²) >= 11 is 0. The first-order valence-electron chi connectivity index (χ1n) is 14.3. The van der Waals surface area contributed by atoms with Gasteiger partial charge in [0.2, 0.25) is 0 Å². The Hall–Kier alpha value is -1.91. The Kier molecular flexibility index (Phi) is 11.9. The maximum atomic E-state index is 11.7. The monoisotopic (exact) mass is 501 g/mol. The van der Waals surface area contributed by atoms with Crippen molar-refractivity contribution in [3.63, 3.8) is 0 Å². The van der Waals surface area contributed by atoms with Gasteiger partial charge in [0, 0.05) is 18.1 Å². The molecule has 1 aromatic carbocycles. The van der Waals surface area contributed by atoms with Gasteiger partial charge < -0.3 is 9.47 Å². The molecule has 0 unspecified atom stereocenters. The lowest BCUT2D eigenvalue weighted by Gasteiger charge is -2.38. The molecule has 0 aromatic heterocycles. The highest BCUT2D eigenvalue weighted by Gasteiger charge is 2.35. The van der Waals surface area contributed by atoms with Gasteiger partial charge in [0.25, 0.3) is 0 Å². The summed E-state index contributed by atoms with van der Waals surface area (Å²) in [7, 11) is 0. The Labute approximate surface area is 220 Å². The van der Waals surface area contributed by atoms with E-state index in [1.165, 1.54) is 51.9 Å². The molecule has 0 saturated heterocycles. The molecule has 0 amide bonds. The second-order valence-electron chi connectivity index (χ2n) is 12.2. The summed E-state index contributed by atoms with van der Waals surface area (Å²) in [6, 6.07) is 0. The van der Waals surface area contributed by atoms with Gasteiger partial charge in [-0.05, 0) is 75.3 Å². The van der Waals surface area contributed by atoms with Crippen LogP contribution in [0.1, 0.15) is 128 Å². The smallest absolute Gasteiger partial charge is 0.308 e. The number of hydrogen-bond acceptors (Lipinski definition) is 5. The summed E-state index contributed by atoms with van der Waals surface area (Å²) in [4.78, 5) is 22.9. The quantitative estimate of drug-likeness (QED) is 0.137. The van der Waals surface area contributed by atoms with Gasteiger partial charge in [-0.25, -0.2) is 0 Å². The van der Waals surface area contributed by atoms with E-state index in [4.69, 9.17) is 9.47 Å². The molecular formula is C31H51NO4. The molecule has 0 N–H and O–H groups in total. The molecule has 2 rings (SSSR count). The third-order valence-corrected chi connectivity index (χ3v) is 8.15. The Morgan fingerprint density at radius 2 is 1.56 bits per heavy atom. The van der Waals surface area contributed by atoms with Crippen molar-refractivity contribution < 1.29 is 14.3 Å². The van der Waals surface area contributed by atoms with E-state index in [9.17, 15) is 9.70 Å². The normalized spacial score (nSPS) is 18.9. The van der Waals surface area contributed by atoms with Crippen LogP contribution in [-0.2, 0) is 17.8 Å². The standard InChI is InChI=1S/C31H51NO4/c1-21(2)12-9-13-22(3)14-10-15-23(4)16-11-18-31(8)19-17-27-28(20-32-34)29(35-26(7)33)24(5)25(6)30(27)36-31/h21-23H,9-20H2,1-8H3/t22-,23-,31-/m1/s1. The van der Waals surface area contributed by atoms with Crippen LogP contribution in [-0.4, -0.2) is 11.6 Å². The van der Waals surface area contributed by atoms with Crippen LogP contribution in [0.3, 0.4) is 0 Å². The zero-order valence-corrected chi connectivity index (χ0v) is 24.3. The number of rotatable bonds is 15. The van der Waals surface area contributed by atoms with Crippen molar-refractivity contribution in [1.82, 2.24) is 0 Å². The Morgan fingerprint density at radius 3 is 2.11 bits per heavy atom. The van der Waals surface area contributed by atoms with Crippen molar-refractivity contribution >= 4 is 5.97 Å². The molecule has 1 aliphatic heterocycles. The van der Waals surface area contributed by atoms with Crippen LogP contribution >= 0.6 is 0 Å². The second-order valence-corrected chi connectivity index (χ2v) is 12.2. The minimum Gasteiger partial charge on any atom is -0.487 e. The largest absolute Gasteiger partial charge is 0.487 e. The first-order chi connectivity index (χ1) is 17.0. The van der Waals surface area contributed by atoms with E-state index < -0.39 is 0 Å². The number of carbonyl (C=O) groups excluding carboxylic acids is 1. The second kappa shape index (κ2) is 14.1. The van der Waals surface area contributed by atoms with Crippen molar-refractivity contribution in [2.75, 3.05) is 0 Å². The highest BCUT2D eigenvalue weighted by atomic mass is 16.5. The number of ether oxygens (including phenoxy) is 2. The lowest BCUT2D eigenvalue weighted by atomic mass is 9.83. The first-order valence-corrected chi connectivity index (χ1v) is 14.3. The van der Waals surface area contributed by atoms with Gasteiger partial charge in [-0.15, -0.1) is 0 Å². The van der Waals surface area contributed by atoms with Gasteiger partial charge >= 0.3 is 5.97 Å². The van der Waals surface area contributed by atoms with E-state index in [-0.39, 0.29) is 18.1 Å². The summed E-state index contributed by atoms with van der Waals surface area (Å²) < 4.78 is 12.1. The van der Waals surface area contributed by atoms with Crippen LogP contribution in [0.2, 0.25) is 0 Å². The Bertz CT molecular complexity index is 878. The van der Waals surface area contributed by atoms with E-state index in [0.717, 1.165) is 65.9 Å². The summed E-state index contributed by atoms with van der Waals surface area (Å²) in [6.07, 6.45) is 13.2. The van der Waals surface area contributed by atoms with E-state index in [1.807, 2.05) is 13.8 Å². The van der Waals surface area contributed by atoms with E-state index in [2.05, 4.69) is 39.8 Å². The highest BCUT2D eigenvalue weighted by molar-refractivity contribution is 5.72. The van der Waals surface area contributed by atoms with E-state index >= 15 is 0 Å². The summed E-state index contributed by atoms with van der Waals surface area (Å²) in [5.41, 5.74) is 3.29. The lowest BCUT2D eigenvalue weighted by Crippen LogP contribution is -2.37. The molecule has 5 nitrogen and oxygen atoms in total. The molecule has 0 saturated carbocycles. The molecule has 204 valence electrons. The number of hydrogen-bond donors (Lipinski definition) is 0. The molecule has 0 fully saturated rings. The number of fused-ring (bicyclic) bond motifs is 1. The summed E-state index contributed by atoms with van der Waals surface area (Å²) in [5.74, 6) is 3.36. The van der Waals surface area contributed by atoms with Gasteiger partial charge in [-0.3, -0.25) is 4.79 Å². The van der Waals surface area contributed by atoms with Crippen molar-refractivity contribution in [3.8, 4) is 11.5 Å². The number of carbonyl (C=O) groups is 1. The van der Waals surface area contributed by atoms with Gasteiger partial charge in [0.15, 0.2) is 0 Å². The van der Waals surface area contributed by atoms with Gasteiger partial charge in [0.1, 0.15) is 23.6 Å². The fourth-order valence-corrected chi connectivity index (χ4v) is 5.65. The molecular weight excluding hydrogens is 450 g/mol. The molecule has 1 aromatic rings. The maximum absolute atomic E-state index is 11.7. The molecule has 0 spiro atoms. The molecule has 1 aliphatic rings. The minimum absolute atomic E-state index is 0.0139. The SMILES string of the molecule is CC(=O)Oc1c(C)c(C)c2c(c1CN=O)CC[C@@](C)(CCC[C@H](C)CCC[C@H](C)CCCC(C)C)O2. The minimum atomic E-state index is -0.388. The number of nitrogens with zero attached hydrogens (tertiary/aromatic N) is 1. The van der Waals surface area contributed by atoms with Crippen molar-refractivity contribution in [1.29, 1.82) is 0 Å². The first kappa shape index (κ1) is 30.3. The maximum Gasteiger partial charge on any atom is 0.308 e. The van der Waals surface area contributed by atoms with E-state index in [1.54, 1.807) is 0 Å². The summed E-state index contributed by atoms with van der Waals surface area (Å²) in [5, 5.41) is 3.12. The van der Waals surface area contributed by atoms with Crippen LogP contribution in [0.4, 0.5) is 0 Å². The van der Waals surface area contributed by atoms with Crippen molar-refractivity contribution in [3.05, 3.63) is 27.2 Å². The fourth-order valence-electron chi connectivity index (χ4n) is 5.65. The average molecular weight is 502 g/mol. The zero-order valence-electron chi connectivity index (χ0n) is 24.3. The topological polar surface area (TPSA) is 65.0 Å². The molecule has 5 heteroatoms. The molecule has 0 bridgehead atoms. The molecule has 3 atom stereocenters. The van der Waals surface area contributed by atoms with Crippen molar-refractivity contribution in [2.45, 2.75) is 138 Å². The third kappa shape index (κ3) is 8.88. The predicted octanol–water partition coefficient (Wildman–Crippen LogP) is 9.02. The van der Waals surface area contributed by atoms with Gasteiger partial charge in [0.05, 0.1) is 0 Å². The van der Waals surface area contributed by atoms with Crippen LogP contribution in [0, 0.1) is 36.5 Å².